The summed E-state index contributed by atoms with van der Waals surface area (Å²) in [4.78, 5) is 21.4. The molecule has 116 valence electrons. The number of hydrogen-bond acceptors (Lipinski definition) is 4. The molecule has 0 unspecified atom stereocenters. The number of anilines is 1. The van der Waals surface area contributed by atoms with Gasteiger partial charge in [0.15, 0.2) is 0 Å². The van der Waals surface area contributed by atoms with Crippen LogP contribution in [0.3, 0.4) is 0 Å². The molecule has 5 nitrogen and oxygen atoms in total. The molecule has 22 heavy (non-hydrogen) atoms. The maximum Gasteiger partial charge on any atom is 0.337 e. The second-order valence-corrected chi connectivity index (χ2v) is 4.68. The molecule has 5 heteroatoms. The fraction of sp³-hybridized carbons (Fsp3) is 0.176. The number of nitrogens with two attached hydrogens (primary N) is 1. The number of aromatic carboxylic acids is 1. The normalized spacial score (nSPS) is 9.41. The highest BCUT2D eigenvalue weighted by Gasteiger charge is 2.05. The van der Waals surface area contributed by atoms with Crippen molar-refractivity contribution in [2.45, 2.75) is 13.8 Å². The zero-order valence-corrected chi connectivity index (χ0v) is 12.8. The van der Waals surface area contributed by atoms with Crippen LogP contribution >= 0.6 is 0 Å². The van der Waals surface area contributed by atoms with E-state index in [1.807, 2.05) is 13.0 Å². The number of benzene rings is 2. The van der Waals surface area contributed by atoms with Gasteiger partial charge in [0.05, 0.1) is 18.2 Å². The van der Waals surface area contributed by atoms with E-state index in [4.69, 9.17) is 10.8 Å². The number of methoxy groups -OCH3 is 1. The zero-order chi connectivity index (χ0) is 16.7. The lowest BCUT2D eigenvalue weighted by Crippen LogP contribution is -2.02. The molecule has 0 aliphatic rings. The quantitative estimate of drug-likeness (QED) is 0.657. The molecule has 3 N–H and O–H groups in total. The summed E-state index contributed by atoms with van der Waals surface area (Å²) >= 11 is 0. The van der Waals surface area contributed by atoms with Gasteiger partial charge in [0.1, 0.15) is 0 Å². The van der Waals surface area contributed by atoms with Crippen LogP contribution in [0.4, 0.5) is 5.69 Å². The largest absolute Gasteiger partial charge is 0.478 e. The molecule has 0 fully saturated rings. The molecule has 0 bridgehead atoms. The monoisotopic (exact) mass is 301 g/mol. The van der Waals surface area contributed by atoms with Crippen molar-refractivity contribution in [1.82, 2.24) is 0 Å². The average molecular weight is 301 g/mol. The minimum atomic E-state index is -0.863. The van der Waals surface area contributed by atoms with E-state index in [9.17, 15) is 9.59 Å². The topological polar surface area (TPSA) is 89.6 Å². The molecule has 0 spiro atoms. The van der Waals surface area contributed by atoms with E-state index in [2.05, 4.69) is 4.74 Å². The number of carbonyl (C=O) groups excluding carboxylic acids is 1. The summed E-state index contributed by atoms with van der Waals surface area (Å²) in [5.74, 6) is -1.20. The number of carboxylic acid groups (broad SMARTS) is 1. The van der Waals surface area contributed by atoms with E-state index < -0.39 is 5.97 Å². The van der Waals surface area contributed by atoms with Crippen molar-refractivity contribution in [3.63, 3.8) is 0 Å². The van der Waals surface area contributed by atoms with Gasteiger partial charge >= 0.3 is 11.9 Å². The number of aryl methyl sites for hydroxylation is 2. The molecule has 0 aliphatic heterocycles. The predicted molar refractivity (Wildman–Crippen MR) is 85.1 cm³/mol. The lowest BCUT2D eigenvalue weighted by atomic mass is 10.1. The summed E-state index contributed by atoms with van der Waals surface area (Å²) in [6.07, 6.45) is 0. The standard InChI is InChI=1S/C9H11NO2.C8H8O2/c1-6-5-7(9(11)12-2)3-4-8(6)10;1-6-4-2-3-5-7(6)8(9)10/h3-5H,10H2,1-2H3;2-5H,1H3,(H,9,10). The third-order valence-electron chi connectivity index (χ3n) is 3.07. The highest BCUT2D eigenvalue weighted by Crippen LogP contribution is 2.12. The molecule has 0 radical (unpaired) electrons. The van der Waals surface area contributed by atoms with Gasteiger partial charge in [0, 0.05) is 5.69 Å². The number of ether oxygens (including phenoxy) is 1. The first-order valence-corrected chi connectivity index (χ1v) is 6.60. The summed E-state index contributed by atoms with van der Waals surface area (Å²) in [6, 6.07) is 12.0. The van der Waals surface area contributed by atoms with Crippen molar-refractivity contribution in [3.05, 3.63) is 64.7 Å². The van der Waals surface area contributed by atoms with Crippen molar-refractivity contribution in [3.8, 4) is 0 Å². The second-order valence-electron chi connectivity index (χ2n) is 4.68. The Morgan fingerprint density at radius 2 is 1.68 bits per heavy atom. The van der Waals surface area contributed by atoms with E-state index >= 15 is 0 Å². The molecule has 2 rings (SSSR count). The Labute approximate surface area is 129 Å². The smallest absolute Gasteiger partial charge is 0.337 e. The van der Waals surface area contributed by atoms with Crippen molar-refractivity contribution < 1.29 is 19.4 Å². The lowest BCUT2D eigenvalue weighted by Gasteiger charge is -2.02. The summed E-state index contributed by atoms with van der Waals surface area (Å²) in [6.45, 7) is 3.63. The van der Waals surface area contributed by atoms with Crippen LogP contribution in [0.15, 0.2) is 42.5 Å². The van der Waals surface area contributed by atoms with Gasteiger partial charge in [-0.05, 0) is 49.2 Å². The molecule has 0 amide bonds. The van der Waals surface area contributed by atoms with Crippen LogP contribution in [0, 0.1) is 13.8 Å². The molecule has 0 aromatic heterocycles. The highest BCUT2D eigenvalue weighted by atomic mass is 16.5. The Bertz CT molecular complexity index is 680. The zero-order valence-electron chi connectivity index (χ0n) is 12.8. The molecule has 2 aromatic rings. The SMILES string of the molecule is COC(=O)c1ccc(N)c(C)c1.Cc1ccccc1C(=O)O. The van der Waals surface area contributed by atoms with E-state index in [-0.39, 0.29) is 5.97 Å². The first kappa shape index (κ1) is 17.2. The summed E-state index contributed by atoms with van der Waals surface area (Å²) in [7, 11) is 1.36. The lowest BCUT2D eigenvalue weighted by molar-refractivity contribution is 0.0599. The van der Waals surface area contributed by atoms with Crippen molar-refractivity contribution in [1.29, 1.82) is 0 Å². The molecule has 0 saturated carbocycles. The summed E-state index contributed by atoms with van der Waals surface area (Å²) in [5.41, 5.74) is 8.86. The van der Waals surface area contributed by atoms with Gasteiger partial charge in [-0.3, -0.25) is 0 Å². The van der Waals surface area contributed by atoms with Gasteiger partial charge in [-0.25, -0.2) is 9.59 Å². The molecule has 0 atom stereocenters. The van der Waals surface area contributed by atoms with Gasteiger partial charge < -0.3 is 15.6 Å². The number of esters is 1. The molecule has 0 heterocycles. The highest BCUT2D eigenvalue weighted by molar-refractivity contribution is 5.90. The molecule has 0 aliphatic carbocycles. The van der Waals surface area contributed by atoms with Gasteiger partial charge in [-0.1, -0.05) is 18.2 Å². The molecular weight excluding hydrogens is 282 g/mol. The van der Waals surface area contributed by atoms with Crippen LogP contribution < -0.4 is 5.73 Å². The van der Waals surface area contributed by atoms with Crippen molar-refractivity contribution in [2.24, 2.45) is 0 Å². The third kappa shape index (κ3) is 4.63. The summed E-state index contributed by atoms with van der Waals surface area (Å²) in [5, 5.41) is 8.57. The van der Waals surface area contributed by atoms with Crippen molar-refractivity contribution >= 4 is 17.6 Å². The van der Waals surface area contributed by atoms with Gasteiger partial charge in [-0.15, -0.1) is 0 Å². The van der Waals surface area contributed by atoms with Crippen molar-refractivity contribution in [2.75, 3.05) is 12.8 Å². The van der Waals surface area contributed by atoms with Crippen LogP contribution in [0.1, 0.15) is 31.8 Å². The van der Waals surface area contributed by atoms with Crippen LogP contribution in [0.25, 0.3) is 0 Å². The Morgan fingerprint density at radius 1 is 1.05 bits per heavy atom. The Balaban J connectivity index is 0.000000224. The van der Waals surface area contributed by atoms with E-state index in [1.165, 1.54) is 7.11 Å². The fourth-order valence-electron chi connectivity index (χ4n) is 1.73. The minimum absolute atomic E-state index is 0.335. The van der Waals surface area contributed by atoms with E-state index in [0.717, 1.165) is 11.1 Å². The maximum atomic E-state index is 11.0. The number of hydrogen-bond donors (Lipinski definition) is 2. The summed E-state index contributed by atoms with van der Waals surface area (Å²) < 4.78 is 4.55. The van der Waals surface area contributed by atoms with Gasteiger partial charge in [0.2, 0.25) is 0 Å². The number of carboxylic acids is 1. The second kappa shape index (κ2) is 7.83. The minimum Gasteiger partial charge on any atom is -0.478 e. The molecule has 0 saturated heterocycles. The third-order valence-corrected chi connectivity index (χ3v) is 3.07. The van der Waals surface area contributed by atoms with Crippen LogP contribution in [-0.4, -0.2) is 24.2 Å². The van der Waals surface area contributed by atoms with E-state index in [0.29, 0.717) is 16.8 Å². The fourth-order valence-corrected chi connectivity index (χ4v) is 1.73. The molecule has 2 aromatic carbocycles. The van der Waals surface area contributed by atoms with Crippen LogP contribution in [0.2, 0.25) is 0 Å². The Kier molecular flexibility index (Phi) is 6.13. The number of carbonyl (C=O) groups is 2. The average Bonchev–Trinajstić information content (AvgIpc) is 2.50. The van der Waals surface area contributed by atoms with Gasteiger partial charge in [0.25, 0.3) is 0 Å². The first-order chi connectivity index (χ1) is 10.4. The number of nitrogen functional groups attached to an aromatic ring is 1. The van der Waals surface area contributed by atoms with E-state index in [1.54, 1.807) is 43.3 Å². The van der Waals surface area contributed by atoms with Crippen LogP contribution in [0.5, 0.6) is 0 Å². The number of rotatable bonds is 2. The van der Waals surface area contributed by atoms with Crippen LogP contribution in [-0.2, 0) is 4.74 Å². The maximum absolute atomic E-state index is 11.0. The Hall–Kier alpha value is -2.82. The first-order valence-electron chi connectivity index (χ1n) is 6.60. The Morgan fingerprint density at radius 3 is 2.14 bits per heavy atom. The molecular formula is C17H19NO4. The predicted octanol–water partition coefficient (Wildman–Crippen LogP) is 3.06. The van der Waals surface area contributed by atoms with Gasteiger partial charge in [-0.2, -0.15) is 0 Å².